The number of halogens is 1. The average molecular weight is 163 g/mol. The minimum absolute atomic E-state index is 0. The molecule has 0 aliphatic carbocycles. The van der Waals surface area contributed by atoms with Gasteiger partial charge in [-0.1, -0.05) is 0 Å². The van der Waals surface area contributed by atoms with Crippen molar-refractivity contribution in [3.8, 4) is 0 Å². The highest BCUT2D eigenvalue weighted by Crippen LogP contribution is 1.99. The van der Waals surface area contributed by atoms with E-state index in [0.29, 0.717) is 5.76 Å². The standard InChI is InChI=1S/C6H6O3.ClH/c7-6(8)4-5-2-1-3-9-5;/h1-3H,4H2,(H,7,8);1H. The van der Waals surface area contributed by atoms with E-state index in [2.05, 4.69) is 0 Å². The van der Waals surface area contributed by atoms with Gasteiger partial charge in [0.2, 0.25) is 0 Å². The fourth-order valence-corrected chi connectivity index (χ4v) is 0.562. The minimum Gasteiger partial charge on any atom is -0.481 e. The van der Waals surface area contributed by atoms with Crippen LogP contribution < -0.4 is 0 Å². The predicted octanol–water partition coefficient (Wildman–Crippen LogP) is 1.33. The topological polar surface area (TPSA) is 50.4 Å². The fourth-order valence-electron chi connectivity index (χ4n) is 0.562. The Balaban J connectivity index is 0.000000810. The van der Waals surface area contributed by atoms with Gasteiger partial charge >= 0.3 is 5.97 Å². The molecule has 0 unspecified atom stereocenters. The summed E-state index contributed by atoms with van der Waals surface area (Å²) in [6.45, 7) is 0. The van der Waals surface area contributed by atoms with Crippen LogP contribution in [0.4, 0.5) is 0 Å². The van der Waals surface area contributed by atoms with Gasteiger partial charge in [-0.15, -0.1) is 12.4 Å². The second-order valence-electron chi connectivity index (χ2n) is 1.65. The molecule has 1 rings (SSSR count). The summed E-state index contributed by atoms with van der Waals surface area (Å²) < 4.78 is 4.76. The Morgan fingerprint density at radius 3 is 2.80 bits per heavy atom. The first kappa shape index (κ1) is 9.04. The molecule has 3 nitrogen and oxygen atoms in total. The van der Waals surface area contributed by atoms with Crippen molar-refractivity contribution in [1.82, 2.24) is 0 Å². The Morgan fingerprint density at radius 1 is 1.70 bits per heavy atom. The molecular formula is C6H7ClO3. The SMILES string of the molecule is Cl.O=C(O)Cc1ccco1. The molecule has 0 radical (unpaired) electrons. The van der Waals surface area contributed by atoms with Crippen molar-refractivity contribution >= 4 is 18.4 Å². The molecule has 0 aliphatic heterocycles. The molecule has 0 aliphatic rings. The molecule has 0 bridgehead atoms. The summed E-state index contributed by atoms with van der Waals surface area (Å²) in [5.74, 6) is -0.382. The van der Waals surface area contributed by atoms with Crippen LogP contribution in [0.2, 0.25) is 0 Å². The lowest BCUT2D eigenvalue weighted by Gasteiger charge is -1.85. The monoisotopic (exact) mass is 162 g/mol. The molecule has 1 aromatic rings. The van der Waals surface area contributed by atoms with Gasteiger partial charge in [0.15, 0.2) is 0 Å². The van der Waals surface area contributed by atoms with Crippen LogP contribution >= 0.6 is 12.4 Å². The van der Waals surface area contributed by atoms with Crippen molar-refractivity contribution in [2.75, 3.05) is 0 Å². The van der Waals surface area contributed by atoms with Crippen molar-refractivity contribution in [1.29, 1.82) is 0 Å². The summed E-state index contributed by atoms with van der Waals surface area (Å²) in [4.78, 5) is 10.0. The number of carboxylic acid groups (broad SMARTS) is 1. The summed E-state index contributed by atoms with van der Waals surface area (Å²) in [7, 11) is 0. The summed E-state index contributed by atoms with van der Waals surface area (Å²) in [6.07, 6.45) is 1.42. The van der Waals surface area contributed by atoms with Crippen LogP contribution in [-0.2, 0) is 11.2 Å². The Kier molecular flexibility index (Phi) is 3.57. The van der Waals surface area contributed by atoms with Crippen LogP contribution in [0.15, 0.2) is 22.8 Å². The zero-order chi connectivity index (χ0) is 6.69. The molecule has 10 heavy (non-hydrogen) atoms. The molecule has 0 spiro atoms. The molecule has 0 amide bonds. The number of furan rings is 1. The van der Waals surface area contributed by atoms with Crippen molar-refractivity contribution in [2.24, 2.45) is 0 Å². The van der Waals surface area contributed by atoms with E-state index in [1.54, 1.807) is 12.1 Å². The summed E-state index contributed by atoms with van der Waals surface area (Å²) in [5.41, 5.74) is 0. The van der Waals surface area contributed by atoms with E-state index in [-0.39, 0.29) is 18.8 Å². The zero-order valence-electron chi connectivity index (χ0n) is 5.11. The lowest BCUT2D eigenvalue weighted by atomic mass is 10.3. The Hall–Kier alpha value is -0.960. The normalized spacial score (nSPS) is 8.40. The third-order valence-electron chi connectivity index (χ3n) is 0.906. The van der Waals surface area contributed by atoms with Gasteiger partial charge < -0.3 is 9.52 Å². The van der Waals surface area contributed by atoms with Crippen LogP contribution in [0.5, 0.6) is 0 Å². The first-order valence-electron chi connectivity index (χ1n) is 2.53. The highest BCUT2D eigenvalue weighted by Gasteiger charge is 2.00. The fraction of sp³-hybridized carbons (Fsp3) is 0.167. The van der Waals surface area contributed by atoms with Gasteiger partial charge in [-0.25, -0.2) is 0 Å². The molecule has 0 fully saturated rings. The van der Waals surface area contributed by atoms with Gasteiger partial charge in [0.05, 0.1) is 6.26 Å². The highest BCUT2D eigenvalue weighted by atomic mass is 35.5. The van der Waals surface area contributed by atoms with Crippen LogP contribution in [0.25, 0.3) is 0 Å². The Morgan fingerprint density at radius 2 is 2.40 bits per heavy atom. The van der Waals surface area contributed by atoms with Gasteiger partial charge in [-0.05, 0) is 12.1 Å². The molecule has 1 heterocycles. The molecule has 1 aromatic heterocycles. The Bertz CT molecular complexity index is 193. The maximum atomic E-state index is 10.0. The third-order valence-corrected chi connectivity index (χ3v) is 0.906. The molecule has 0 saturated carbocycles. The van der Waals surface area contributed by atoms with Crippen LogP contribution in [0.1, 0.15) is 5.76 Å². The summed E-state index contributed by atoms with van der Waals surface area (Å²) >= 11 is 0. The average Bonchev–Trinajstić information content (AvgIpc) is 2.15. The molecule has 0 saturated heterocycles. The third kappa shape index (κ3) is 2.55. The molecule has 0 aromatic carbocycles. The number of rotatable bonds is 2. The molecule has 4 heteroatoms. The summed E-state index contributed by atoms with van der Waals surface area (Å²) in [6, 6.07) is 3.30. The lowest BCUT2D eigenvalue weighted by molar-refractivity contribution is -0.136. The van der Waals surface area contributed by atoms with E-state index in [1.807, 2.05) is 0 Å². The van der Waals surface area contributed by atoms with E-state index in [0.717, 1.165) is 0 Å². The van der Waals surface area contributed by atoms with Crippen LogP contribution in [-0.4, -0.2) is 11.1 Å². The first-order chi connectivity index (χ1) is 4.29. The van der Waals surface area contributed by atoms with Gasteiger partial charge in [0.25, 0.3) is 0 Å². The van der Waals surface area contributed by atoms with Gasteiger partial charge in [0.1, 0.15) is 12.2 Å². The highest BCUT2D eigenvalue weighted by molar-refractivity contribution is 5.85. The van der Waals surface area contributed by atoms with E-state index < -0.39 is 5.97 Å². The predicted molar refractivity (Wildman–Crippen MR) is 37.3 cm³/mol. The second kappa shape index (κ2) is 3.95. The van der Waals surface area contributed by atoms with Crippen molar-refractivity contribution in [3.63, 3.8) is 0 Å². The lowest BCUT2D eigenvalue weighted by Crippen LogP contribution is -1.97. The van der Waals surface area contributed by atoms with Gasteiger partial charge in [-0.2, -0.15) is 0 Å². The second-order valence-corrected chi connectivity index (χ2v) is 1.65. The van der Waals surface area contributed by atoms with E-state index in [9.17, 15) is 4.79 Å². The number of carbonyl (C=O) groups is 1. The number of aliphatic carboxylic acids is 1. The van der Waals surface area contributed by atoms with Crippen LogP contribution in [0, 0.1) is 0 Å². The molecule has 0 atom stereocenters. The maximum absolute atomic E-state index is 10.0. The smallest absolute Gasteiger partial charge is 0.311 e. The number of hydrogen-bond acceptors (Lipinski definition) is 2. The van der Waals surface area contributed by atoms with Crippen molar-refractivity contribution < 1.29 is 14.3 Å². The quantitative estimate of drug-likeness (QED) is 0.714. The Labute approximate surface area is 64.1 Å². The molecule has 1 N–H and O–H groups in total. The number of carboxylic acids is 1. The van der Waals surface area contributed by atoms with Crippen molar-refractivity contribution in [2.45, 2.75) is 6.42 Å². The molecular weight excluding hydrogens is 156 g/mol. The van der Waals surface area contributed by atoms with E-state index in [1.165, 1.54) is 6.26 Å². The molecule has 56 valence electrons. The van der Waals surface area contributed by atoms with E-state index in [4.69, 9.17) is 9.52 Å². The minimum atomic E-state index is -0.870. The van der Waals surface area contributed by atoms with Crippen LogP contribution in [0.3, 0.4) is 0 Å². The first-order valence-corrected chi connectivity index (χ1v) is 2.53. The zero-order valence-corrected chi connectivity index (χ0v) is 5.93. The maximum Gasteiger partial charge on any atom is 0.311 e. The van der Waals surface area contributed by atoms with E-state index >= 15 is 0 Å². The van der Waals surface area contributed by atoms with Gasteiger partial charge in [-0.3, -0.25) is 4.79 Å². The largest absolute Gasteiger partial charge is 0.481 e. The summed E-state index contributed by atoms with van der Waals surface area (Å²) in [5, 5.41) is 8.23. The van der Waals surface area contributed by atoms with Crippen molar-refractivity contribution in [3.05, 3.63) is 24.2 Å². The van der Waals surface area contributed by atoms with Gasteiger partial charge in [0, 0.05) is 0 Å². The number of hydrogen-bond donors (Lipinski definition) is 1.